The second-order valence-electron chi connectivity index (χ2n) is 10.0. The monoisotopic (exact) mass is 459 g/mol. The number of carbonyl (C=O) groups is 2. The first-order valence-electron chi connectivity index (χ1n) is 12.5. The lowest BCUT2D eigenvalue weighted by atomic mass is 9.90. The molecule has 0 bridgehead atoms. The van der Waals surface area contributed by atoms with Crippen molar-refractivity contribution in [2.24, 2.45) is 11.1 Å². The van der Waals surface area contributed by atoms with Crippen molar-refractivity contribution in [1.82, 2.24) is 9.80 Å². The third-order valence-electron chi connectivity index (χ3n) is 7.44. The molecule has 1 unspecified atom stereocenters. The number of hydrogen-bond acceptors (Lipinski definition) is 4. The van der Waals surface area contributed by atoms with Crippen molar-refractivity contribution in [1.29, 1.82) is 0 Å². The number of oxime groups is 1. The fourth-order valence-electron chi connectivity index (χ4n) is 5.34. The van der Waals surface area contributed by atoms with Crippen molar-refractivity contribution in [3.63, 3.8) is 0 Å². The van der Waals surface area contributed by atoms with E-state index in [1.807, 2.05) is 41.0 Å². The van der Waals surface area contributed by atoms with Crippen LogP contribution in [0.15, 0.2) is 59.8 Å². The fourth-order valence-corrected chi connectivity index (χ4v) is 5.34. The van der Waals surface area contributed by atoms with Crippen LogP contribution in [0.2, 0.25) is 0 Å². The summed E-state index contributed by atoms with van der Waals surface area (Å²) in [5.74, 6) is 0.737. The van der Waals surface area contributed by atoms with E-state index in [0.717, 1.165) is 69.6 Å². The number of rotatable bonds is 5. The highest BCUT2D eigenvalue weighted by atomic mass is 16.7. The van der Waals surface area contributed by atoms with E-state index in [1.165, 1.54) is 5.56 Å². The normalized spacial score (nSPS) is 23.0. The molecule has 2 aromatic rings. The summed E-state index contributed by atoms with van der Waals surface area (Å²) in [5.41, 5.74) is 2.80. The van der Waals surface area contributed by atoms with Crippen molar-refractivity contribution in [3.05, 3.63) is 71.3 Å². The Hall–Kier alpha value is -3.15. The minimum atomic E-state index is -0.932. The van der Waals surface area contributed by atoms with Crippen LogP contribution in [0.5, 0.6) is 0 Å². The second-order valence-corrected chi connectivity index (χ2v) is 10.0. The van der Waals surface area contributed by atoms with Gasteiger partial charge in [-0.05, 0) is 68.2 Å². The maximum atomic E-state index is 13.1. The van der Waals surface area contributed by atoms with Crippen LogP contribution in [0.1, 0.15) is 60.5 Å². The van der Waals surface area contributed by atoms with Crippen molar-refractivity contribution >= 4 is 17.5 Å². The van der Waals surface area contributed by atoms with Crippen LogP contribution in [0.4, 0.5) is 0 Å². The van der Waals surface area contributed by atoms with E-state index < -0.39 is 5.60 Å². The number of nitrogens with zero attached hydrogens (tertiary/aromatic N) is 3. The zero-order valence-electron chi connectivity index (χ0n) is 19.9. The summed E-state index contributed by atoms with van der Waals surface area (Å²) in [6.45, 7) is 5.02. The van der Waals surface area contributed by atoms with E-state index in [4.69, 9.17) is 4.84 Å². The number of hydrogen-bond donors (Lipinski definition) is 0. The highest BCUT2D eigenvalue weighted by Crippen LogP contribution is 2.30. The maximum absolute atomic E-state index is 13.1. The summed E-state index contributed by atoms with van der Waals surface area (Å²) in [4.78, 5) is 35.4. The summed E-state index contributed by atoms with van der Waals surface area (Å²) in [6, 6.07) is 18.2. The molecule has 2 saturated heterocycles. The summed E-state index contributed by atoms with van der Waals surface area (Å²) in [5, 5.41) is 4.23. The second kappa shape index (κ2) is 9.61. The molecular formula is C28H33N3O3. The predicted octanol–water partition coefficient (Wildman–Crippen LogP) is 4.29. The van der Waals surface area contributed by atoms with Crippen molar-refractivity contribution < 1.29 is 14.4 Å². The maximum Gasteiger partial charge on any atom is 0.269 e. The molecule has 178 valence electrons. The third kappa shape index (κ3) is 4.72. The lowest BCUT2D eigenvalue weighted by Gasteiger charge is -2.32. The Balaban J connectivity index is 1.15. The Bertz CT molecular complexity index is 1050. The van der Waals surface area contributed by atoms with Crippen molar-refractivity contribution in [3.8, 4) is 0 Å². The van der Waals surface area contributed by atoms with Gasteiger partial charge < -0.3 is 14.6 Å². The van der Waals surface area contributed by atoms with Crippen LogP contribution in [-0.4, -0.2) is 59.1 Å². The zero-order chi connectivity index (χ0) is 23.5. The zero-order valence-corrected chi connectivity index (χ0v) is 19.9. The van der Waals surface area contributed by atoms with E-state index in [9.17, 15) is 9.59 Å². The molecule has 0 radical (unpaired) electrons. The molecule has 3 aliphatic heterocycles. The average Bonchev–Trinajstić information content (AvgIpc) is 3.55. The molecule has 2 aromatic carbocycles. The molecule has 0 N–H and O–H groups in total. The molecule has 1 atom stereocenters. The molecule has 34 heavy (non-hydrogen) atoms. The van der Waals surface area contributed by atoms with Gasteiger partial charge in [-0.15, -0.1) is 0 Å². The Morgan fingerprint density at radius 1 is 0.941 bits per heavy atom. The highest BCUT2D eigenvalue weighted by molar-refractivity contribution is 6.06. The first-order chi connectivity index (χ1) is 16.5. The molecule has 3 aliphatic rings. The quantitative estimate of drug-likeness (QED) is 0.670. The van der Waals surface area contributed by atoms with Gasteiger partial charge in [0.25, 0.3) is 11.8 Å². The topological polar surface area (TPSA) is 62.2 Å². The molecule has 2 fully saturated rings. The van der Waals surface area contributed by atoms with Gasteiger partial charge in [0.15, 0.2) is 0 Å². The lowest BCUT2D eigenvalue weighted by molar-refractivity contribution is -0.152. The number of benzene rings is 2. The predicted molar refractivity (Wildman–Crippen MR) is 132 cm³/mol. The Morgan fingerprint density at radius 2 is 1.62 bits per heavy atom. The minimum absolute atomic E-state index is 0.0196. The Morgan fingerprint density at radius 3 is 2.29 bits per heavy atom. The van der Waals surface area contributed by atoms with E-state index in [-0.39, 0.29) is 11.8 Å². The number of carbonyl (C=O) groups excluding carboxylic acids is 2. The molecule has 3 heterocycles. The van der Waals surface area contributed by atoms with Gasteiger partial charge in [-0.3, -0.25) is 9.59 Å². The van der Waals surface area contributed by atoms with Gasteiger partial charge in [0, 0.05) is 38.2 Å². The van der Waals surface area contributed by atoms with Gasteiger partial charge in [0.05, 0.1) is 5.71 Å². The molecule has 0 saturated carbocycles. The first kappa shape index (κ1) is 22.6. The van der Waals surface area contributed by atoms with Gasteiger partial charge in [0.1, 0.15) is 0 Å². The molecule has 2 amide bonds. The van der Waals surface area contributed by atoms with E-state index in [1.54, 1.807) is 0 Å². The number of amides is 2. The van der Waals surface area contributed by atoms with Crippen molar-refractivity contribution in [2.45, 2.75) is 51.0 Å². The minimum Gasteiger partial charge on any atom is -0.379 e. The van der Waals surface area contributed by atoms with Gasteiger partial charge in [-0.25, -0.2) is 0 Å². The van der Waals surface area contributed by atoms with Crippen LogP contribution in [0.3, 0.4) is 0 Å². The summed E-state index contributed by atoms with van der Waals surface area (Å²) < 4.78 is 0. The average molecular weight is 460 g/mol. The molecule has 0 aromatic heterocycles. The van der Waals surface area contributed by atoms with Crippen molar-refractivity contribution in [2.75, 3.05) is 26.2 Å². The third-order valence-corrected chi connectivity index (χ3v) is 7.44. The van der Waals surface area contributed by atoms with Crippen LogP contribution < -0.4 is 0 Å². The van der Waals surface area contributed by atoms with Crippen LogP contribution in [0, 0.1) is 5.92 Å². The van der Waals surface area contributed by atoms with Gasteiger partial charge in [0.2, 0.25) is 5.60 Å². The Kier molecular flexibility index (Phi) is 6.40. The number of likely N-dealkylation sites (tertiary alicyclic amines) is 2. The Labute approximate surface area is 201 Å². The SMILES string of the molecule is CC1(C(=O)N2CCCC2)CC(c2ccc(C(=O)N3CCC(Cc4ccccc4)CC3)cc2)=NO1. The standard InChI is InChI=1S/C28H33N3O3/c1-28(27(33)31-15-5-6-16-31)20-25(29-34-28)23-9-11-24(12-10-23)26(32)30-17-13-22(14-18-30)19-21-7-3-2-4-8-21/h2-4,7-12,22H,5-6,13-20H2,1H3. The van der Waals surface area contributed by atoms with E-state index in [2.05, 4.69) is 35.5 Å². The van der Waals surface area contributed by atoms with Gasteiger partial charge >= 0.3 is 0 Å². The molecular weight excluding hydrogens is 426 g/mol. The lowest BCUT2D eigenvalue weighted by Crippen LogP contribution is -2.46. The summed E-state index contributed by atoms with van der Waals surface area (Å²) >= 11 is 0. The van der Waals surface area contributed by atoms with Gasteiger partial charge in [-0.2, -0.15) is 0 Å². The highest BCUT2D eigenvalue weighted by Gasteiger charge is 2.45. The summed E-state index contributed by atoms with van der Waals surface area (Å²) in [6.07, 6.45) is 5.71. The molecule has 5 rings (SSSR count). The number of piperidine rings is 1. The molecule has 6 heteroatoms. The van der Waals surface area contributed by atoms with Crippen LogP contribution >= 0.6 is 0 Å². The van der Waals surface area contributed by atoms with Crippen LogP contribution in [0.25, 0.3) is 0 Å². The summed E-state index contributed by atoms with van der Waals surface area (Å²) in [7, 11) is 0. The molecule has 0 aliphatic carbocycles. The fraction of sp³-hybridized carbons (Fsp3) is 0.464. The van der Waals surface area contributed by atoms with E-state index in [0.29, 0.717) is 17.9 Å². The molecule has 6 nitrogen and oxygen atoms in total. The van der Waals surface area contributed by atoms with Gasteiger partial charge in [-0.1, -0.05) is 47.6 Å². The smallest absolute Gasteiger partial charge is 0.269 e. The molecule has 0 spiro atoms. The van der Waals surface area contributed by atoms with Crippen LogP contribution in [-0.2, 0) is 16.1 Å². The first-order valence-corrected chi connectivity index (χ1v) is 12.5. The van der Waals surface area contributed by atoms with E-state index >= 15 is 0 Å². The largest absolute Gasteiger partial charge is 0.379 e.